The van der Waals surface area contributed by atoms with Crippen LogP contribution < -0.4 is 0 Å². The van der Waals surface area contributed by atoms with Crippen molar-refractivity contribution in [2.45, 2.75) is 71.4 Å². The van der Waals surface area contributed by atoms with E-state index < -0.39 is 28.0 Å². The van der Waals surface area contributed by atoms with E-state index in [1.54, 1.807) is 12.1 Å². The number of carbonyl (C=O) groups is 1. The van der Waals surface area contributed by atoms with Crippen molar-refractivity contribution in [1.82, 2.24) is 4.31 Å². The van der Waals surface area contributed by atoms with Gasteiger partial charge in [-0.2, -0.15) is 0 Å². The number of rotatable bonds is 6. The van der Waals surface area contributed by atoms with E-state index in [1.807, 2.05) is 25.1 Å². The zero-order valence-electron chi connectivity index (χ0n) is 17.7. The number of unbranched alkanes of at least 4 members (excludes halogenated alkanes) is 1. The minimum atomic E-state index is -3.67. The maximum absolute atomic E-state index is 13.7. The van der Waals surface area contributed by atoms with Gasteiger partial charge in [0.25, 0.3) is 0 Å². The number of sulfonamides is 1. The van der Waals surface area contributed by atoms with Crippen LogP contribution in [0.1, 0.15) is 71.0 Å². The van der Waals surface area contributed by atoms with Crippen LogP contribution in [0.15, 0.2) is 30.3 Å². The Morgan fingerprint density at radius 2 is 1.97 bits per heavy atom. The summed E-state index contributed by atoms with van der Waals surface area (Å²) in [7, 11) is -3.67. The fraction of sp³-hybridized carbons (Fsp3) is 0.696. The Bertz CT molecular complexity index is 881. The average molecular weight is 420 g/mol. The van der Waals surface area contributed by atoms with Crippen LogP contribution in [-0.4, -0.2) is 35.5 Å². The molecular formula is C23H33NO4S. The monoisotopic (exact) mass is 419 g/mol. The minimum Gasteiger partial charge on any atom is -0.388 e. The number of benzene rings is 1. The maximum atomic E-state index is 13.7. The summed E-state index contributed by atoms with van der Waals surface area (Å²) in [4.78, 5) is 13.7. The van der Waals surface area contributed by atoms with Crippen molar-refractivity contribution in [3.8, 4) is 0 Å². The predicted molar refractivity (Wildman–Crippen MR) is 112 cm³/mol. The van der Waals surface area contributed by atoms with Gasteiger partial charge in [0.1, 0.15) is 0 Å². The second-order valence-corrected chi connectivity index (χ2v) is 11.7. The van der Waals surface area contributed by atoms with Crippen molar-refractivity contribution in [2.24, 2.45) is 22.7 Å². The number of fused-ring (bicyclic) bond motifs is 1. The number of amides is 1. The first-order chi connectivity index (χ1) is 13.7. The van der Waals surface area contributed by atoms with E-state index in [-0.39, 0.29) is 22.6 Å². The second-order valence-electron chi connectivity index (χ2n) is 9.86. The third-order valence-corrected chi connectivity index (χ3v) is 10.3. The number of aliphatic hydroxyl groups excluding tert-OH is 1. The SMILES string of the molecule is CCCC[C@@H](C(=O)N1[C@@H]2C[C@H]3CC[C@]2(CS1(=O)=O)C3(C)C)[C@@H](O)c1ccccc1. The summed E-state index contributed by atoms with van der Waals surface area (Å²) >= 11 is 0. The van der Waals surface area contributed by atoms with Gasteiger partial charge in [0, 0.05) is 5.41 Å². The molecule has 1 N–H and O–H groups in total. The number of nitrogens with zero attached hydrogens (tertiary/aromatic N) is 1. The van der Waals surface area contributed by atoms with Gasteiger partial charge < -0.3 is 5.11 Å². The smallest absolute Gasteiger partial charge is 0.242 e. The highest BCUT2D eigenvalue weighted by molar-refractivity contribution is 7.90. The molecule has 0 aromatic heterocycles. The highest BCUT2D eigenvalue weighted by Gasteiger charge is 2.72. The molecule has 0 unspecified atom stereocenters. The molecule has 1 aromatic carbocycles. The first kappa shape index (κ1) is 20.9. The van der Waals surface area contributed by atoms with E-state index >= 15 is 0 Å². The van der Waals surface area contributed by atoms with Gasteiger partial charge in [-0.1, -0.05) is 63.9 Å². The molecule has 1 spiro atoms. The summed E-state index contributed by atoms with van der Waals surface area (Å²) in [5, 5.41) is 11.0. The molecule has 4 rings (SSSR count). The molecule has 0 radical (unpaired) electrons. The Morgan fingerprint density at radius 3 is 2.59 bits per heavy atom. The molecule has 6 heteroatoms. The predicted octanol–water partition coefficient (Wildman–Crippen LogP) is 3.89. The van der Waals surface area contributed by atoms with E-state index in [0.29, 0.717) is 17.9 Å². The largest absolute Gasteiger partial charge is 0.388 e. The third-order valence-electron chi connectivity index (χ3n) is 8.34. The minimum absolute atomic E-state index is 0.0713. The van der Waals surface area contributed by atoms with E-state index in [9.17, 15) is 18.3 Å². The summed E-state index contributed by atoms with van der Waals surface area (Å²) < 4.78 is 27.7. The van der Waals surface area contributed by atoms with Crippen molar-refractivity contribution in [2.75, 3.05) is 5.75 Å². The molecule has 160 valence electrons. The van der Waals surface area contributed by atoms with E-state index in [1.165, 1.54) is 4.31 Å². The normalized spacial score (nSPS) is 33.4. The molecule has 1 saturated heterocycles. The summed E-state index contributed by atoms with van der Waals surface area (Å²) in [6, 6.07) is 8.89. The summed E-state index contributed by atoms with van der Waals surface area (Å²) in [5.41, 5.74) is 0.261. The Balaban J connectivity index is 1.69. The molecule has 1 aromatic rings. The second kappa shape index (κ2) is 7.09. The number of aliphatic hydroxyl groups is 1. The highest BCUT2D eigenvalue weighted by atomic mass is 32.2. The van der Waals surface area contributed by atoms with Gasteiger partial charge in [0.05, 0.1) is 23.8 Å². The molecular weight excluding hydrogens is 386 g/mol. The number of hydrogen-bond donors (Lipinski definition) is 1. The molecule has 2 aliphatic carbocycles. The Hall–Kier alpha value is -1.40. The van der Waals surface area contributed by atoms with E-state index in [4.69, 9.17) is 0 Å². The van der Waals surface area contributed by atoms with Crippen LogP contribution in [0.4, 0.5) is 0 Å². The van der Waals surface area contributed by atoms with Gasteiger partial charge in [0.2, 0.25) is 15.9 Å². The first-order valence-corrected chi connectivity index (χ1v) is 12.6. The molecule has 3 fully saturated rings. The van der Waals surface area contributed by atoms with Crippen LogP contribution in [0.3, 0.4) is 0 Å². The molecule has 2 saturated carbocycles. The van der Waals surface area contributed by atoms with Gasteiger partial charge >= 0.3 is 0 Å². The van der Waals surface area contributed by atoms with Gasteiger partial charge in [-0.15, -0.1) is 0 Å². The quantitative estimate of drug-likeness (QED) is 0.759. The van der Waals surface area contributed by atoms with Crippen molar-refractivity contribution in [3.63, 3.8) is 0 Å². The van der Waals surface area contributed by atoms with Crippen LogP contribution in [0.5, 0.6) is 0 Å². The van der Waals surface area contributed by atoms with E-state index in [0.717, 1.165) is 32.1 Å². The van der Waals surface area contributed by atoms with Crippen LogP contribution >= 0.6 is 0 Å². The van der Waals surface area contributed by atoms with Crippen molar-refractivity contribution >= 4 is 15.9 Å². The molecule has 1 amide bonds. The molecule has 29 heavy (non-hydrogen) atoms. The zero-order chi connectivity index (χ0) is 21.0. The average Bonchev–Trinajstić information content (AvgIpc) is 3.16. The summed E-state index contributed by atoms with van der Waals surface area (Å²) in [6.45, 7) is 6.40. The number of hydrogen-bond acceptors (Lipinski definition) is 4. The fourth-order valence-corrected chi connectivity index (χ4v) is 9.05. The Kier molecular flexibility index (Phi) is 5.10. The molecule has 3 aliphatic rings. The standard InChI is InChI=1S/C23H33NO4S/c1-4-5-11-18(20(25)16-9-7-6-8-10-16)21(26)24-19-14-17-12-13-23(19,22(17,2)3)15-29(24,27)28/h6-10,17-20,25H,4-5,11-15H2,1-3H3/t17-,18-,19-,20+,23-/m1/s1. The van der Waals surface area contributed by atoms with Crippen LogP contribution in [-0.2, 0) is 14.8 Å². The fourth-order valence-electron chi connectivity index (χ4n) is 6.47. The Labute approximate surface area is 174 Å². The lowest BCUT2D eigenvalue weighted by Gasteiger charge is -2.37. The van der Waals surface area contributed by atoms with Crippen molar-refractivity contribution in [1.29, 1.82) is 0 Å². The van der Waals surface area contributed by atoms with Crippen molar-refractivity contribution < 1.29 is 18.3 Å². The van der Waals surface area contributed by atoms with Crippen LogP contribution in [0, 0.1) is 22.7 Å². The molecule has 5 nitrogen and oxygen atoms in total. The first-order valence-electron chi connectivity index (χ1n) is 10.9. The molecule has 5 atom stereocenters. The number of carbonyl (C=O) groups excluding carboxylic acids is 1. The highest BCUT2D eigenvalue weighted by Crippen LogP contribution is 2.70. The van der Waals surface area contributed by atoms with Gasteiger partial charge in [0.15, 0.2) is 0 Å². The van der Waals surface area contributed by atoms with Crippen molar-refractivity contribution in [3.05, 3.63) is 35.9 Å². The summed E-state index contributed by atoms with van der Waals surface area (Å²) in [6.07, 6.45) is 3.85. The maximum Gasteiger partial charge on any atom is 0.242 e. The van der Waals surface area contributed by atoms with Crippen LogP contribution in [0.2, 0.25) is 0 Å². The molecule has 1 heterocycles. The lowest BCUT2D eigenvalue weighted by atomic mass is 9.69. The lowest BCUT2D eigenvalue weighted by Crippen LogP contribution is -2.47. The van der Waals surface area contributed by atoms with Crippen LogP contribution in [0.25, 0.3) is 0 Å². The third kappa shape index (κ3) is 2.97. The zero-order valence-corrected chi connectivity index (χ0v) is 18.5. The van der Waals surface area contributed by atoms with E-state index in [2.05, 4.69) is 13.8 Å². The Morgan fingerprint density at radius 1 is 1.28 bits per heavy atom. The molecule has 1 aliphatic heterocycles. The lowest BCUT2D eigenvalue weighted by molar-refractivity contribution is -0.137. The van der Waals surface area contributed by atoms with Gasteiger partial charge in [-0.25, -0.2) is 12.7 Å². The topological polar surface area (TPSA) is 74.7 Å². The summed E-state index contributed by atoms with van der Waals surface area (Å²) in [5.74, 6) is -0.599. The molecule has 2 bridgehead atoms. The van der Waals surface area contributed by atoms with Gasteiger partial charge in [-0.05, 0) is 42.6 Å². The van der Waals surface area contributed by atoms with Gasteiger partial charge in [-0.3, -0.25) is 4.79 Å².